The molecule has 1 unspecified atom stereocenters. The van der Waals surface area contributed by atoms with E-state index < -0.39 is 0 Å². The molecule has 0 aliphatic heterocycles. The minimum Gasteiger partial charge on any atom is -0.382 e. The van der Waals surface area contributed by atoms with Crippen molar-refractivity contribution in [3.05, 3.63) is 47.7 Å². The Hall–Kier alpha value is -1.81. The van der Waals surface area contributed by atoms with Crippen LogP contribution in [0.25, 0.3) is 0 Å². The second-order valence-electron chi connectivity index (χ2n) is 3.54. The fourth-order valence-corrected chi connectivity index (χ4v) is 1.52. The maximum atomic E-state index is 6.01. The van der Waals surface area contributed by atoms with E-state index in [1.54, 1.807) is 6.07 Å². The molecular formula is C11H14N4. The molecule has 0 aliphatic rings. The third-order valence-corrected chi connectivity index (χ3v) is 2.32. The first kappa shape index (κ1) is 9.73. The molecule has 0 radical (unpaired) electrons. The highest BCUT2D eigenvalue weighted by Gasteiger charge is 2.09. The Balaban J connectivity index is 2.07. The Morgan fingerprint density at radius 2 is 2.00 bits per heavy atom. The number of rotatable bonds is 3. The molecule has 4 heteroatoms. The molecular weight excluding hydrogens is 188 g/mol. The summed E-state index contributed by atoms with van der Waals surface area (Å²) in [6, 6.07) is 11.8. The van der Waals surface area contributed by atoms with E-state index in [0.717, 1.165) is 12.1 Å². The van der Waals surface area contributed by atoms with E-state index >= 15 is 0 Å². The Bertz CT molecular complexity index is 421. The van der Waals surface area contributed by atoms with Crippen LogP contribution in [0.5, 0.6) is 0 Å². The van der Waals surface area contributed by atoms with Gasteiger partial charge < -0.3 is 11.5 Å². The molecule has 2 aromatic rings. The van der Waals surface area contributed by atoms with E-state index in [-0.39, 0.29) is 6.04 Å². The minimum atomic E-state index is -0.0859. The molecule has 15 heavy (non-hydrogen) atoms. The van der Waals surface area contributed by atoms with Crippen LogP contribution in [0.4, 0.5) is 5.82 Å². The van der Waals surface area contributed by atoms with E-state index in [0.29, 0.717) is 5.82 Å². The molecule has 0 saturated heterocycles. The Morgan fingerprint density at radius 1 is 1.27 bits per heavy atom. The van der Waals surface area contributed by atoms with Crippen molar-refractivity contribution >= 4 is 5.82 Å². The standard InChI is InChI=1S/C11H14N4/c12-9(10-7-11(13)15-14-10)6-8-4-2-1-3-5-8/h1-5,7,9H,6,12H2,(H3,13,14,15). The molecule has 0 saturated carbocycles. The summed E-state index contributed by atoms with van der Waals surface area (Å²) < 4.78 is 0. The molecule has 4 nitrogen and oxygen atoms in total. The van der Waals surface area contributed by atoms with Gasteiger partial charge in [0, 0.05) is 6.07 Å². The lowest BCUT2D eigenvalue weighted by Gasteiger charge is -2.08. The summed E-state index contributed by atoms with van der Waals surface area (Å²) in [4.78, 5) is 0. The topological polar surface area (TPSA) is 80.7 Å². The normalized spacial score (nSPS) is 12.6. The largest absolute Gasteiger partial charge is 0.382 e. The van der Waals surface area contributed by atoms with Gasteiger partial charge in [-0.25, -0.2) is 0 Å². The van der Waals surface area contributed by atoms with Gasteiger partial charge in [0.25, 0.3) is 0 Å². The van der Waals surface area contributed by atoms with Crippen LogP contribution >= 0.6 is 0 Å². The number of hydrogen-bond donors (Lipinski definition) is 3. The summed E-state index contributed by atoms with van der Waals surface area (Å²) in [5, 5.41) is 6.68. The number of nitrogens with two attached hydrogens (primary N) is 2. The van der Waals surface area contributed by atoms with E-state index in [4.69, 9.17) is 11.5 Å². The first-order valence-corrected chi connectivity index (χ1v) is 4.86. The van der Waals surface area contributed by atoms with Gasteiger partial charge in [0.2, 0.25) is 0 Å². The van der Waals surface area contributed by atoms with Crippen LogP contribution in [0, 0.1) is 0 Å². The molecule has 0 fully saturated rings. The highest BCUT2D eigenvalue weighted by Crippen LogP contribution is 2.15. The highest BCUT2D eigenvalue weighted by atomic mass is 15.2. The number of aromatic nitrogens is 2. The van der Waals surface area contributed by atoms with Gasteiger partial charge in [-0.15, -0.1) is 0 Å². The van der Waals surface area contributed by atoms with Crippen LogP contribution in [0.2, 0.25) is 0 Å². The molecule has 0 aliphatic carbocycles. The minimum absolute atomic E-state index is 0.0859. The number of nitrogen functional groups attached to an aromatic ring is 1. The Morgan fingerprint density at radius 3 is 2.60 bits per heavy atom. The second-order valence-corrected chi connectivity index (χ2v) is 3.54. The van der Waals surface area contributed by atoms with Crippen LogP contribution in [0.1, 0.15) is 17.3 Å². The fraction of sp³-hybridized carbons (Fsp3) is 0.182. The number of nitrogens with zero attached hydrogens (tertiary/aromatic N) is 1. The van der Waals surface area contributed by atoms with E-state index in [1.807, 2.05) is 18.2 Å². The number of nitrogens with one attached hydrogen (secondary N) is 1. The molecule has 1 aromatic carbocycles. The number of H-pyrrole nitrogens is 1. The van der Waals surface area contributed by atoms with E-state index in [2.05, 4.69) is 22.3 Å². The highest BCUT2D eigenvalue weighted by molar-refractivity contribution is 5.30. The molecule has 2 rings (SSSR count). The van der Waals surface area contributed by atoms with E-state index in [1.165, 1.54) is 5.56 Å². The van der Waals surface area contributed by atoms with Gasteiger partial charge in [-0.3, -0.25) is 5.10 Å². The van der Waals surface area contributed by atoms with Gasteiger partial charge >= 0.3 is 0 Å². The van der Waals surface area contributed by atoms with Crippen molar-refractivity contribution in [2.75, 3.05) is 5.73 Å². The second kappa shape index (κ2) is 4.14. The van der Waals surface area contributed by atoms with Crippen molar-refractivity contribution in [2.24, 2.45) is 5.73 Å². The van der Waals surface area contributed by atoms with Crippen LogP contribution in [0.15, 0.2) is 36.4 Å². The first-order chi connectivity index (χ1) is 7.25. The van der Waals surface area contributed by atoms with Crippen molar-refractivity contribution in [1.29, 1.82) is 0 Å². The summed E-state index contributed by atoms with van der Waals surface area (Å²) in [6.45, 7) is 0. The van der Waals surface area contributed by atoms with Crippen LogP contribution < -0.4 is 11.5 Å². The zero-order valence-electron chi connectivity index (χ0n) is 8.35. The lowest BCUT2D eigenvalue weighted by atomic mass is 10.0. The van der Waals surface area contributed by atoms with Gasteiger partial charge in [-0.05, 0) is 12.0 Å². The van der Waals surface area contributed by atoms with Crippen molar-refractivity contribution < 1.29 is 0 Å². The quantitative estimate of drug-likeness (QED) is 0.700. The number of anilines is 1. The van der Waals surface area contributed by atoms with Gasteiger partial charge in [-0.2, -0.15) is 5.10 Å². The molecule has 1 heterocycles. The van der Waals surface area contributed by atoms with Crippen molar-refractivity contribution in [2.45, 2.75) is 12.5 Å². The van der Waals surface area contributed by atoms with Crippen molar-refractivity contribution in [1.82, 2.24) is 10.2 Å². The molecule has 5 N–H and O–H groups in total. The zero-order chi connectivity index (χ0) is 10.7. The number of aromatic amines is 1. The zero-order valence-corrected chi connectivity index (χ0v) is 8.35. The van der Waals surface area contributed by atoms with Crippen LogP contribution in [-0.2, 0) is 6.42 Å². The lowest BCUT2D eigenvalue weighted by molar-refractivity contribution is 0.692. The van der Waals surface area contributed by atoms with Gasteiger partial charge in [-0.1, -0.05) is 30.3 Å². The van der Waals surface area contributed by atoms with E-state index in [9.17, 15) is 0 Å². The Labute approximate surface area is 88.3 Å². The summed E-state index contributed by atoms with van der Waals surface area (Å²) >= 11 is 0. The van der Waals surface area contributed by atoms with Crippen LogP contribution in [0.3, 0.4) is 0 Å². The Kier molecular flexibility index (Phi) is 2.69. The summed E-state index contributed by atoms with van der Waals surface area (Å²) in [5.74, 6) is 0.480. The first-order valence-electron chi connectivity index (χ1n) is 4.86. The lowest BCUT2D eigenvalue weighted by Crippen LogP contribution is -2.13. The molecule has 1 atom stereocenters. The monoisotopic (exact) mass is 202 g/mol. The number of benzene rings is 1. The summed E-state index contributed by atoms with van der Waals surface area (Å²) in [5.41, 5.74) is 13.6. The summed E-state index contributed by atoms with van der Waals surface area (Å²) in [6.07, 6.45) is 0.780. The van der Waals surface area contributed by atoms with Crippen molar-refractivity contribution in [3.8, 4) is 0 Å². The maximum absolute atomic E-state index is 6.01. The molecule has 78 valence electrons. The maximum Gasteiger partial charge on any atom is 0.145 e. The third-order valence-electron chi connectivity index (χ3n) is 2.32. The molecule has 0 amide bonds. The van der Waals surface area contributed by atoms with Gasteiger partial charge in [0.05, 0.1) is 11.7 Å². The van der Waals surface area contributed by atoms with Gasteiger partial charge in [0.1, 0.15) is 5.82 Å². The molecule has 0 bridgehead atoms. The number of hydrogen-bond acceptors (Lipinski definition) is 3. The SMILES string of the molecule is Nc1cc(C(N)Cc2ccccc2)[nH]n1. The smallest absolute Gasteiger partial charge is 0.145 e. The molecule has 1 aromatic heterocycles. The van der Waals surface area contributed by atoms with Gasteiger partial charge in [0.15, 0.2) is 0 Å². The molecule has 0 spiro atoms. The van der Waals surface area contributed by atoms with Crippen molar-refractivity contribution in [3.63, 3.8) is 0 Å². The average molecular weight is 202 g/mol. The predicted octanol–water partition coefficient (Wildman–Crippen LogP) is 1.23. The summed E-state index contributed by atoms with van der Waals surface area (Å²) in [7, 11) is 0. The fourth-order valence-electron chi connectivity index (χ4n) is 1.52. The average Bonchev–Trinajstić information content (AvgIpc) is 2.66. The van der Waals surface area contributed by atoms with Crippen LogP contribution in [-0.4, -0.2) is 10.2 Å². The predicted molar refractivity (Wildman–Crippen MR) is 60.1 cm³/mol. The third kappa shape index (κ3) is 2.35.